The van der Waals surface area contributed by atoms with Gasteiger partial charge >= 0.3 is 0 Å². The molecule has 0 bridgehead atoms. The summed E-state index contributed by atoms with van der Waals surface area (Å²) in [4.78, 5) is 7.83. The molecule has 4 nitrogen and oxygen atoms in total. The number of aromatic amines is 1. The van der Waals surface area contributed by atoms with Crippen molar-refractivity contribution in [2.24, 2.45) is 0 Å². The maximum Gasteiger partial charge on any atom is 0.142 e. The van der Waals surface area contributed by atoms with E-state index in [0.717, 1.165) is 28.0 Å². The van der Waals surface area contributed by atoms with Gasteiger partial charge in [-0.05, 0) is 24.3 Å². The van der Waals surface area contributed by atoms with Gasteiger partial charge < -0.3 is 14.7 Å². The number of benzene rings is 3. The van der Waals surface area contributed by atoms with Crippen LogP contribution in [0.1, 0.15) is 5.56 Å². The molecule has 2 N–H and O–H groups in total. The Morgan fingerprint density at radius 2 is 1.84 bits per heavy atom. The summed E-state index contributed by atoms with van der Waals surface area (Å²) in [6.45, 7) is 0.362. The number of phenolic OH excluding ortho intramolecular Hbond substituents is 1. The van der Waals surface area contributed by atoms with Gasteiger partial charge in [0.15, 0.2) is 0 Å². The van der Waals surface area contributed by atoms with Crippen molar-refractivity contribution in [2.75, 3.05) is 0 Å². The predicted octanol–water partition coefficient (Wildman–Crippen LogP) is 6.90. The van der Waals surface area contributed by atoms with Crippen molar-refractivity contribution in [1.82, 2.24) is 14.5 Å². The van der Waals surface area contributed by atoms with Gasteiger partial charge in [-0.2, -0.15) is 0 Å². The highest BCUT2D eigenvalue weighted by Crippen LogP contribution is 2.38. The third-order valence-corrected chi connectivity index (χ3v) is 5.78. The van der Waals surface area contributed by atoms with Gasteiger partial charge in [0.1, 0.15) is 11.6 Å². The summed E-state index contributed by atoms with van der Waals surface area (Å²) in [5.74, 6) is -0.386. The number of aromatic nitrogens is 3. The fourth-order valence-electron chi connectivity index (χ4n) is 3.76. The largest absolute Gasteiger partial charge is 0.508 e. The van der Waals surface area contributed by atoms with Crippen LogP contribution in [-0.4, -0.2) is 19.6 Å². The number of hydrogen-bond acceptors (Lipinski definition) is 2. The molecule has 0 atom stereocenters. The quantitative estimate of drug-likeness (QED) is 0.312. The van der Waals surface area contributed by atoms with Gasteiger partial charge in [0.25, 0.3) is 0 Å². The Morgan fingerprint density at radius 1 is 1.03 bits per heavy atom. The van der Waals surface area contributed by atoms with Crippen LogP contribution in [0.2, 0.25) is 10.0 Å². The molecule has 7 heteroatoms. The van der Waals surface area contributed by atoms with Gasteiger partial charge in [-0.3, -0.25) is 0 Å². The molecule has 0 unspecified atom stereocenters. The van der Waals surface area contributed by atoms with E-state index in [4.69, 9.17) is 23.2 Å². The number of fused-ring (bicyclic) bond motifs is 1. The van der Waals surface area contributed by atoms with Crippen LogP contribution in [-0.2, 0) is 6.54 Å². The second-order valence-corrected chi connectivity index (χ2v) is 8.07. The Labute approximate surface area is 187 Å². The normalized spacial score (nSPS) is 11.3. The predicted molar refractivity (Wildman–Crippen MR) is 122 cm³/mol. The number of aromatic hydroxyl groups is 1. The molecule has 2 aromatic heterocycles. The van der Waals surface area contributed by atoms with Gasteiger partial charge in [-0.25, -0.2) is 9.37 Å². The molecule has 0 amide bonds. The summed E-state index contributed by atoms with van der Waals surface area (Å²) in [6, 6.07) is 17.8. The molecule has 154 valence electrons. The lowest BCUT2D eigenvalue weighted by atomic mass is 10.0. The van der Waals surface area contributed by atoms with Gasteiger partial charge in [-0.1, -0.05) is 59.6 Å². The van der Waals surface area contributed by atoms with E-state index in [1.165, 1.54) is 12.1 Å². The Hall–Kier alpha value is -3.28. The minimum absolute atomic E-state index is 0.0591. The minimum Gasteiger partial charge on any atom is -0.508 e. The van der Waals surface area contributed by atoms with Crippen LogP contribution in [0.4, 0.5) is 4.39 Å². The molecule has 0 spiro atoms. The molecule has 0 aliphatic heterocycles. The van der Waals surface area contributed by atoms with E-state index in [9.17, 15) is 9.50 Å². The minimum atomic E-state index is -0.488. The highest BCUT2D eigenvalue weighted by Gasteiger charge is 2.20. The number of nitrogens with zero attached hydrogens (tertiary/aromatic N) is 2. The van der Waals surface area contributed by atoms with Crippen molar-refractivity contribution in [1.29, 1.82) is 0 Å². The second kappa shape index (κ2) is 7.76. The first-order valence-electron chi connectivity index (χ1n) is 9.55. The average Bonchev–Trinajstić information content (AvgIpc) is 3.34. The highest BCUT2D eigenvalue weighted by molar-refractivity contribution is 6.31. The van der Waals surface area contributed by atoms with E-state index in [1.807, 2.05) is 41.1 Å². The number of nitrogens with one attached hydrogen (secondary N) is 1. The molecule has 31 heavy (non-hydrogen) atoms. The molecule has 2 heterocycles. The van der Waals surface area contributed by atoms with E-state index in [2.05, 4.69) is 9.97 Å². The van der Waals surface area contributed by atoms with Crippen molar-refractivity contribution in [3.8, 4) is 28.3 Å². The maximum atomic E-state index is 14.3. The zero-order chi connectivity index (χ0) is 21.5. The second-order valence-electron chi connectivity index (χ2n) is 7.22. The van der Waals surface area contributed by atoms with Crippen LogP contribution in [0.25, 0.3) is 33.4 Å². The molecular formula is C24H16Cl2FN3O. The molecule has 0 radical (unpaired) electrons. The number of imidazole rings is 1. The molecule has 0 saturated heterocycles. The molecule has 5 aromatic rings. The number of rotatable bonds is 4. The van der Waals surface area contributed by atoms with Crippen LogP contribution >= 0.6 is 23.2 Å². The standard InChI is InChI=1S/C24H16Cl2FN3O/c25-16-7-6-15(22(31)8-16)12-30-13-29-23(14-4-2-1-3-5-14)24(30)18-11-28-21-10-19(26)20(27)9-17(18)21/h1-11,13,28,31H,12H2. The first kappa shape index (κ1) is 19.7. The Balaban J connectivity index is 1.72. The van der Waals surface area contributed by atoms with E-state index in [1.54, 1.807) is 24.5 Å². The highest BCUT2D eigenvalue weighted by atomic mass is 35.5. The number of phenols is 1. The third-order valence-electron chi connectivity index (χ3n) is 5.25. The fourth-order valence-corrected chi connectivity index (χ4v) is 4.09. The van der Waals surface area contributed by atoms with Crippen molar-refractivity contribution in [3.63, 3.8) is 0 Å². The number of H-pyrrole nitrogens is 1. The molecule has 0 aliphatic carbocycles. The zero-order valence-corrected chi connectivity index (χ0v) is 17.6. The van der Waals surface area contributed by atoms with Crippen LogP contribution < -0.4 is 0 Å². The molecule has 3 aromatic carbocycles. The Morgan fingerprint density at radius 3 is 2.61 bits per heavy atom. The molecule has 5 rings (SSSR count). The van der Waals surface area contributed by atoms with E-state index < -0.39 is 5.82 Å². The Bertz CT molecular complexity index is 1410. The number of hydrogen-bond donors (Lipinski definition) is 2. The third kappa shape index (κ3) is 3.56. The van der Waals surface area contributed by atoms with E-state index in [-0.39, 0.29) is 10.8 Å². The van der Waals surface area contributed by atoms with Crippen LogP contribution in [0, 0.1) is 5.82 Å². The summed E-state index contributed by atoms with van der Waals surface area (Å²) in [5, 5.41) is 11.6. The van der Waals surface area contributed by atoms with Crippen LogP contribution in [0.3, 0.4) is 0 Å². The summed E-state index contributed by atoms with van der Waals surface area (Å²) in [6.07, 6.45) is 3.54. The lowest BCUT2D eigenvalue weighted by Crippen LogP contribution is -2.01. The van der Waals surface area contributed by atoms with Crippen molar-refractivity contribution in [2.45, 2.75) is 6.54 Å². The average molecular weight is 452 g/mol. The lowest BCUT2D eigenvalue weighted by Gasteiger charge is -2.12. The number of halogens is 3. The SMILES string of the molecule is Oc1cc(Cl)ccc1Cn1cnc(-c2ccccc2)c1-c1c[nH]c2cc(Cl)c(F)cc12. The molecule has 0 saturated carbocycles. The fraction of sp³-hybridized carbons (Fsp3) is 0.0417. The smallest absolute Gasteiger partial charge is 0.142 e. The van der Waals surface area contributed by atoms with Crippen LogP contribution in [0.5, 0.6) is 5.75 Å². The Kier molecular flexibility index (Phi) is 4.93. The zero-order valence-electron chi connectivity index (χ0n) is 16.1. The van der Waals surface area contributed by atoms with Gasteiger partial charge in [-0.15, -0.1) is 0 Å². The molecular weight excluding hydrogens is 436 g/mol. The van der Waals surface area contributed by atoms with Crippen LogP contribution in [0.15, 0.2) is 73.2 Å². The van der Waals surface area contributed by atoms with E-state index >= 15 is 0 Å². The van der Waals surface area contributed by atoms with Gasteiger partial charge in [0, 0.05) is 38.8 Å². The van der Waals surface area contributed by atoms with Crippen molar-refractivity contribution in [3.05, 3.63) is 94.6 Å². The van der Waals surface area contributed by atoms with Crippen molar-refractivity contribution < 1.29 is 9.50 Å². The van der Waals surface area contributed by atoms with E-state index in [0.29, 0.717) is 22.5 Å². The summed E-state index contributed by atoms with van der Waals surface area (Å²) in [7, 11) is 0. The molecule has 0 fully saturated rings. The first-order valence-corrected chi connectivity index (χ1v) is 10.3. The lowest BCUT2D eigenvalue weighted by molar-refractivity contribution is 0.466. The monoisotopic (exact) mass is 451 g/mol. The summed E-state index contributed by atoms with van der Waals surface area (Å²) >= 11 is 11.9. The van der Waals surface area contributed by atoms with Crippen molar-refractivity contribution >= 4 is 34.1 Å². The topological polar surface area (TPSA) is 53.8 Å². The molecule has 0 aliphatic rings. The van der Waals surface area contributed by atoms with Gasteiger partial charge in [0.05, 0.1) is 29.3 Å². The summed E-state index contributed by atoms with van der Waals surface area (Å²) in [5.41, 5.74) is 4.69. The maximum absolute atomic E-state index is 14.3. The summed E-state index contributed by atoms with van der Waals surface area (Å²) < 4.78 is 16.2. The van der Waals surface area contributed by atoms with Gasteiger partial charge in [0.2, 0.25) is 0 Å². The first-order chi connectivity index (χ1) is 15.0.